The van der Waals surface area contributed by atoms with Gasteiger partial charge in [0.15, 0.2) is 0 Å². The molecule has 1 heterocycles. The van der Waals surface area contributed by atoms with Crippen LogP contribution in [0.25, 0.3) is 21.7 Å². The second kappa shape index (κ2) is 5.12. The van der Waals surface area contributed by atoms with Crippen LogP contribution >= 0.6 is 0 Å². The van der Waals surface area contributed by atoms with Gasteiger partial charge in [0.1, 0.15) is 0 Å². The van der Waals surface area contributed by atoms with Gasteiger partial charge < -0.3 is 4.74 Å². The van der Waals surface area contributed by atoms with Gasteiger partial charge in [0, 0.05) is 10.8 Å². The number of rotatable bonds is 2. The number of benzene rings is 2. The van der Waals surface area contributed by atoms with Gasteiger partial charge in [-0.2, -0.15) is 0 Å². The van der Waals surface area contributed by atoms with Gasteiger partial charge in [-0.3, -0.25) is 0 Å². The lowest BCUT2D eigenvalue weighted by molar-refractivity contribution is -0.0539. The molecule has 1 unspecified atom stereocenters. The van der Waals surface area contributed by atoms with E-state index >= 15 is 0 Å². The first-order chi connectivity index (χ1) is 9.96. The van der Waals surface area contributed by atoms with E-state index in [-0.39, 0.29) is 11.7 Å². The molecule has 2 aromatic carbocycles. The summed E-state index contributed by atoms with van der Waals surface area (Å²) in [6.45, 7) is 8.31. The van der Waals surface area contributed by atoms with Gasteiger partial charge in [0.25, 0.3) is 0 Å². The largest absolute Gasteiger partial charge is 0.367 e. The average Bonchev–Trinajstić information content (AvgIpc) is 2.44. The first-order valence-corrected chi connectivity index (χ1v) is 7.41. The Balaban J connectivity index is 2.25. The molecule has 0 N–H and O–H groups in total. The van der Waals surface area contributed by atoms with Crippen molar-refractivity contribution < 1.29 is 4.74 Å². The lowest BCUT2D eigenvalue weighted by atomic mass is 10.0. The summed E-state index contributed by atoms with van der Waals surface area (Å²) in [4.78, 5) is 4.86. The van der Waals surface area contributed by atoms with Crippen LogP contribution in [0.15, 0.2) is 48.5 Å². The van der Waals surface area contributed by atoms with Crippen LogP contribution in [0.3, 0.4) is 0 Å². The number of ether oxygens (including phenoxy) is 1. The molecule has 2 nitrogen and oxygen atoms in total. The minimum absolute atomic E-state index is 0.0421. The van der Waals surface area contributed by atoms with E-state index in [1.165, 1.54) is 16.2 Å². The molecule has 1 aromatic heterocycles. The molecule has 0 aliphatic carbocycles. The van der Waals surface area contributed by atoms with Gasteiger partial charge in [-0.15, -0.1) is 0 Å². The van der Waals surface area contributed by atoms with Crippen molar-refractivity contribution >= 4 is 21.7 Å². The maximum atomic E-state index is 6.12. The van der Waals surface area contributed by atoms with Crippen molar-refractivity contribution in [3.8, 4) is 0 Å². The van der Waals surface area contributed by atoms with Crippen LogP contribution in [0.4, 0.5) is 0 Å². The van der Waals surface area contributed by atoms with Crippen LogP contribution in [-0.4, -0.2) is 10.6 Å². The fourth-order valence-electron chi connectivity index (χ4n) is 2.83. The Morgan fingerprint density at radius 3 is 2.10 bits per heavy atom. The zero-order valence-corrected chi connectivity index (χ0v) is 13.1. The lowest BCUT2D eigenvalue weighted by Crippen LogP contribution is -2.22. The molecule has 0 saturated heterocycles. The molecule has 2 heteroatoms. The third kappa shape index (κ3) is 2.77. The molecule has 0 radical (unpaired) electrons. The van der Waals surface area contributed by atoms with Crippen LogP contribution in [0.2, 0.25) is 0 Å². The van der Waals surface area contributed by atoms with Crippen LogP contribution in [0.1, 0.15) is 39.5 Å². The molecule has 0 spiro atoms. The quantitative estimate of drug-likeness (QED) is 0.597. The Labute approximate surface area is 125 Å². The lowest BCUT2D eigenvalue weighted by Gasteiger charge is -2.25. The molecule has 0 fully saturated rings. The molecule has 0 saturated carbocycles. The van der Waals surface area contributed by atoms with E-state index in [9.17, 15) is 0 Å². The second-order valence-corrected chi connectivity index (χ2v) is 6.43. The van der Waals surface area contributed by atoms with Crippen molar-refractivity contribution in [1.82, 2.24) is 4.98 Å². The molecule has 3 rings (SSSR count). The van der Waals surface area contributed by atoms with Crippen molar-refractivity contribution in [2.45, 2.75) is 39.4 Å². The normalized spacial score (nSPS) is 13.7. The highest BCUT2D eigenvalue weighted by molar-refractivity contribution is 6.06. The van der Waals surface area contributed by atoms with Crippen molar-refractivity contribution in [3.05, 3.63) is 54.2 Å². The maximum absolute atomic E-state index is 6.12. The molecule has 1 atom stereocenters. The van der Waals surface area contributed by atoms with Crippen molar-refractivity contribution in [3.63, 3.8) is 0 Å². The Kier molecular flexibility index (Phi) is 3.42. The van der Waals surface area contributed by atoms with Crippen molar-refractivity contribution in [2.75, 3.05) is 0 Å². The fraction of sp³-hybridized carbons (Fsp3) is 0.316. The Morgan fingerprint density at radius 2 is 1.43 bits per heavy atom. The number of nitrogens with zero attached hydrogens (tertiary/aromatic N) is 1. The standard InChI is InChI=1S/C19H21NO/c1-13(21-19(2,3)4)18-16-11-6-5-9-14(16)15-10-7-8-12-17(15)20-18/h5-13H,1-4H3. The van der Waals surface area contributed by atoms with E-state index in [4.69, 9.17) is 9.72 Å². The van der Waals surface area contributed by atoms with Crippen molar-refractivity contribution in [1.29, 1.82) is 0 Å². The van der Waals surface area contributed by atoms with Gasteiger partial charge in [-0.25, -0.2) is 4.98 Å². The fourth-order valence-corrected chi connectivity index (χ4v) is 2.83. The molecule has 3 aromatic rings. The van der Waals surface area contributed by atoms with Crippen LogP contribution < -0.4 is 0 Å². The Morgan fingerprint density at radius 1 is 0.857 bits per heavy atom. The predicted molar refractivity (Wildman–Crippen MR) is 88.5 cm³/mol. The Hall–Kier alpha value is -1.93. The highest BCUT2D eigenvalue weighted by atomic mass is 16.5. The third-order valence-corrected chi connectivity index (χ3v) is 3.55. The summed E-state index contributed by atoms with van der Waals surface area (Å²) < 4.78 is 6.12. The van der Waals surface area contributed by atoms with Gasteiger partial charge >= 0.3 is 0 Å². The number of hydrogen-bond donors (Lipinski definition) is 0. The van der Waals surface area contributed by atoms with Gasteiger partial charge in [0.2, 0.25) is 0 Å². The summed E-state index contributed by atoms with van der Waals surface area (Å²) in [7, 11) is 0. The molecule has 0 aliphatic rings. The van der Waals surface area contributed by atoms with Gasteiger partial charge in [0.05, 0.1) is 22.9 Å². The van der Waals surface area contributed by atoms with Crippen LogP contribution in [0, 0.1) is 0 Å². The predicted octanol–water partition coefficient (Wildman–Crippen LogP) is 5.26. The number of fused-ring (bicyclic) bond motifs is 3. The molecular weight excluding hydrogens is 258 g/mol. The van der Waals surface area contributed by atoms with E-state index in [1.54, 1.807) is 0 Å². The monoisotopic (exact) mass is 279 g/mol. The van der Waals surface area contributed by atoms with Gasteiger partial charge in [-0.05, 0) is 39.1 Å². The minimum Gasteiger partial charge on any atom is -0.367 e. The number of hydrogen-bond acceptors (Lipinski definition) is 2. The molecule has 0 amide bonds. The highest BCUT2D eigenvalue weighted by Crippen LogP contribution is 2.32. The summed E-state index contributed by atoms with van der Waals surface area (Å²) in [5.41, 5.74) is 1.85. The average molecular weight is 279 g/mol. The molecular formula is C19H21NO. The second-order valence-electron chi connectivity index (χ2n) is 6.43. The van der Waals surface area contributed by atoms with E-state index in [1.807, 2.05) is 6.07 Å². The summed E-state index contributed by atoms with van der Waals surface area (Å²) >= 11 is 0. The zero-order chi connectivity index (χ0) is 15.0. The minimum atomic E-state index is -0.187. The van der Waals surface area contributed by atoms with E-state index in [0.717, 1.165) is 11.2 Å². The van der Waals surface area contributed by atoms with Crippen LogP contribution in [0.5, 0.6) is 0 Å². The first-order valence-electron chi connectivity index (χ1n) is 7.41. The molecule has 108 valence electrons. The number of aromatic nitrogens is 1. The summed E-state index contributed by atoms with van der Waals surface area (Å²) in [6.07, 6.45) is -0.0421. The summed E-state index contributed by atoms with van der Waals surface area (Å²) in [6, 6.07) is 16.7. The van der Waals surface area contributed by atoms with E-state index < -0.39 is 0 Å². The first kappa shape index (κ1) is 14.0. The summed E-state index contributed by atoms with van der Waals surface area (Å²) in [5.74, 6) is 0. The highest BCUT2D eigenvalue weighted by Gasteiger charge is 2.20. The SMILES string of the molecule is CC(OC(C)(C)C)c1nc2ccccc2c2ccccc12. The van der Waals surface area contributed by atoms with E-state index in [0.29, 0.717) is 0 Å². The molecule has 0 aliphatic heterocycles. The maximum Gasteiger partial charge on any atom is 0.0980 e. The molecule has 21 heavy (non-hydrogen) atoms. The van der Waals surface area contributed by atoms with Gasteiger partial charge in [-0.1, -0.05) is 42.5 Å². The third-order valence-electron chi connectivity index (χ3n) is 3.55. The smallest absolute Gasteiger partial charge is 0.0980 e. The number of para-hydroxylation sites is 1. The molecule has 0 bridgehead atoms. The van der Waals surface area contributed by atoms with E-state index in [2.05, 4.69) is 70.2 Å². The summed E-state index contributed by atoms with van der Waals surface area (Å²) in [5, 5.41) is 3.61. The number of pyridine rings is 1. The van der Waals surface area contributed by atoms with Crippen molar-refractivity contribution in [2.24, 2.45) is 0 Å². The topological polar surface area (TPSA) is 22.1 Å². The zero-order valence-electron chi connectivity index (χ0n) is 13.1. The Bertz CT molecular complexity index is 786. The van der Waals surface area contributed by atoms with Crippen LogP contribution in [-0.2, 0) is 4.74 Å².